The molecule has 2 atom stereocenters. The van der Waals surface area contributed by atoms with Crippen molar-refractivity contribution in [3.63, 3.8) is 0 Å². The maximum absolute atomic E-state index is 12.2. The Hall–Kier alpha value is -2.28. The second-order valence-corrected chi connectivity index (χ2v) is 5.70. The third-order valence-corrected chi connectivity index (χ3v) is 3.72. The summed E-state index contributed by atoms with van der Waals surface area (Å²) in [5, 5.41) is 0. The highest BCUT2D eigenvalue weighted by atomic mass is 16.5. The number of benzene rings is 1. The zero-order valence-electron chi connectivity index (χ0n) is 14.4. The van der Waals surface area contributed by atoms with Gasteiger partial charge in [-0.1, -0.05) is 0 Å². The molecule has 0 bridgehead atoms. The van der Waals surface area contributed by atoms with E-state index in [2.05, 4.69) is 0 Å². The first-order chi connectivity index (χ1) is 11.4. The van der Waals surface area contributed by atoms with Crippen molar-refractivity contribution in [1.82, 2.24) is 4.90 Å². The van der Waals surface area contributed by atoms with Crippen LogP contribution in [0, 0.1) is 0 Å². The molecular weight excluding hydrogens is 314 g/mol. The van der Waals surface area contributed by atoms with E-state index in [4.69, 9.17) is 18.9 Å². The lowest BCUT2D eigenvalue weighted by Gasteiger charge is -2.35. The molecule has 7 heteroatoms. The molecule has 1 amide bonds. The zero-order valence-corrected chi connectivity index (χ0v) is 14.4. The molecule has 1 aliphatic heterocycles. The fraction of sp³-hybridized carbons (Fsp3) is 0.529. The first-order valence-electron chi connectivity index (χ1n) is 7.77. The summed E-state index contributed by atoms with van der Waals surface area (Å²) in [5.41, 5.74) is 0.296. The van der Waals surface area contributed by atoms with Crippen LogP contribution in [0.5, 0.6) is 11.5 Å². The van der Waals surface area contributed by atoms with Crippen LogP contribution in [0.25, 0.3) is 0 Å². The molecule has 24 heavy (non-hydrogen) atoms. The van der Waals surface area contributed by atoms with Crippen molar-refractivity contribution < 1.29 is 28.5 Å². The van der Waals surface area contributed by atoms with Crippen molar-refractivity contribution in [1.29, 1.82) is 0 Å². The number of methoxy groups -OCH3 is 2. The summed E-state index contributed by atoms with van der Waals surface area (Å²) >= 11 is 0. The summed E-state index contributed by atoms with van der Waals surface area (Å²) in [5.74, 6) is 0.125. The van der Waals surface area contributed by atoms with Gasteiger partial charge >= 0.3 is 5.97 Å². The van der Waals surface area contributed by atoms with Gasteiger partial charge in [0.05, 0.1) is 32.0 Å². The smallest absolute Gasteiger partial charge is 0.338 e. The lowest BCUT2D eigenvalue weighted by molar-refractivity contribution is -0.146. The van der Waals surface area contributed by atoms with E-state index < -0.39 is 5.97 Å². The van der Waals surface area contributed by atoms with Crippen LogP contribution in [0.4, 0.5) is 0 Å². The minimum atomic E-state index is -0.585. The molecule has 0 spiro atoms. The van der Waals surface area contributed by atoms with Gasteiger partial charge in [-0.2, -0.15) is 0 Å². The largest absolute Gasteiger partial charge is 0.493 e. The molecule has 0 N–H and O–H groups in total. The molecule has 1 fully saturated rings. The number of ether oxygens (including phenoxy) is 4. The van der Waals surface area contributed by atoms with Crippen LogP contribution in [0.2, 0.25) is 0 Å². The molecule has 1 aliphatic rings. The number of morpholine rings is 1. The quantitative estimate of drug-likeness (QED) is 0.758. The van der Waals surface area contributed by atoms with Crippen molar-refractivity contribution in [2.75, 3.05) is 33.9 Å². The van der Waals surface area contributed by atoms with E-state index in [9.17, 15) is 9.59 Å². The Balaban J connectivity index is 1.94. The second kappa shape index (κ2) is 8.01. The van der Waals surface area contributed by atoms with E-state index in [1.54, 1.807) is 17.0 Å². The monoisotopic (exact) mass is 337 g/mol. The van der Waals surface area contributed by atoms with E-state index in [0.29, 0.717) is 30.2 Å². The highest BCUT2D eigenvalue weighted by Crippen LogP contribution is 2.27. The molecule has 7 nitrogen and oxygen atoms in total. The van der Waals surface area contributed by atoms with Crippen LogP contribution in [0.15, 0.2) is 18.2 Å². The van der Waals surface area contributed by atoms with Crippen LogP contribution in [-0.2, 0) is 14.3 Å². The number of carbonyl (C=O) groups is 2. The first kappa shape index (κ1) is 18.1. The third kappa shape index (κ3) is 4.38. The number of amides is 1. The lowest BCUT2D eigenvalue weighted by atomic mass is 10.2. The summed E-state index contributed by atoms with van der Waals surface area (Å²) in [6, 6.07) is 4.69. The Labute approximate surface area is 141 Å². The Bertz CT molecular complexity index is 593. The third-order valence-electron chi connectivity index (χ3n) is 3.72. The molecular formula is C17H23NO6. The first-order valence-corrected chi connectivity index (χ1v) is 7.77. The number of hydrogen-bond donors (Lipinski definition) is 0. The Morgan fingerprint density at radius 3 is 2.33 bits per heavy atom. The minimum Gasteiger partial charge on any atom is -0.493 e. The predicted octanol–water partition coefficient (Wildman–Crippen LogP) is 1.50. The lowest BCUT2D eigenvalue weighted by Crippen LogP contribution is -2.49. The normalized spacial score (nSPS) is 20.4. The van der Waals surface area contributed by atoms with Crippen molar-refractivity contribution >= 4 is 11.9 Å². The molecule has 1 aromatic rings. The minimum absolute atomic E-state index is 0.0285. The van der Waals surface area contributed by atoms with E-state index >= 15 is 0 Å². The SMILES string of the molecule is COc1ccc(C(=O)OCC(=O)N2C[C@H](C)O[C@@H](C)C2)cc1OC. The molecule has 0 aromatic heterocycles. The molecule has 2 rings (SSSR count). The Morgan fingerprint density at radius 2 is 1.75 bits per heavy atom. The van der Waals surface area contributed by atoms with Gasteiger partial charge < -0.3 is 23.8 Å². The second-order valence-electron chi connectivity index (χ2n) is 5.70. The molecule has 0 unspecified atom stereocenters. The summed E-state index contributed by atoms with van der Waals surface area (Å²) in [6.07, 6.45) is -0.0569. The van der Waals surface area contributed by atoms with E-state index in [-0.39, 0.29) is 24.7 Å². The number of nitrogens with zero attached hydrogens (tertiary/aromatic N) is 1. The summed E-state index contributed by atoms with van der Waals surface area (Å²) in [4.78, 5) is 26.0. The van der Waals surface area contributed by atoms with Crippen molar-refractivity contribution in [3.8, 4) is 11.5 Å². The van der Waals surface area contributed by atoms with Gasteiger partial charge in [-0.25, -0.2) is 4.79 Å². The van der Waals surface area contributed by atoms with Crippen molar-refractivity contribution in [2.45, 2.75) is 26.1 Å². The zero-order chi connectivity index (χ0) is 17.7. The van der Waals surface area contributed by atoms with E-state index in [1.165, 1.54) is 20.3 Å². The van der Waals surface area contributed by atoms with Gasteiger partial charge in [-0.3, -0.25) is 4.79 Å². The maximum atomic E-state index is 12.2. The van der Waals surface area contributed by atoms with E-state index in [0.717, 1.165) is 0 Å². The summed E-state index contributed by atoms with van der Waals surface area (Å²) < 4.78 is 21.0. The van der Waals surface area contributed by atoms with Crippen LogP contribution < -0.4 is 9.47 Å². The molecule has 0 radical (unpaired) electrons. The van der Waals surface area contributed by atoms with Gasteiger partial charge in [0.1, 0.15) is 0 Å². The fourth-order valence-corrected chi connectivity index (χ4v) is 2.65. The number of rotatable bonds is 5. The number of esters is 1. The van der Waals surface area contributed by atoms with Crippen LogP contribution >= 0.6 is 0 Å². The Kier molecular flexibility index (Phi) is 6.03. The molecule has 0 aliphatic carbocycles. The molecule has 1 heterocycles. The predicted molar refractivity (Wildman–Crippen MR) is 86.4 cm³/mol. The van der Waals surface area contributed by atoms with E-state index in [1.807, 2.05) is 13.8 Å². The van der Waals surface area contributed by atoms with Crippen LogP contribution in [0.1, 0.15) is 24.2 Å². The number of carbonyl (C=O) groups excluding carboxylic acids is 2. The fourth-order valence-electron chi connectivity index (χ4n) is 2.65. The van der Waals surface area contributed by atoms with Gasteiger partial charge in [0.25, 0.3) is 5.91 Å². The van der Waals surface area contributed by atoms with Crippen LogP contribution in [-0.4, -0.2) is 62.9 Å². The van der Waals surface area contributed by atoms with Gasteiger partial charge in [0.2, 0.25) is 0 Å². The highest BCUT2D eigenvalue weighted by molar-refractivity contribution is 5.92. The molecule has 1 saturated heterocycles. The average molecular weight is 337 g/mol. The maximum Gasteiger partial charge on any atom is 0.338 e. The molecule has 132 valence electrons. The summed E-state index contributed by atoms with van der Waals surface area (Å²) in [6.45, 7) is 4.51. The standard InChI is InChI=1S/C17H23NO6/c1-11-8-18(9-12(2)24-11)16(19)10-23-17(20)13-5-6-14(21-3)15(7-13)22-4/h5-7,11-12H,8-10H2,1-4H3/t11-,12-/m0/s1. The van der Waals surface area contributed by atoms with Crippen molar-refractivity contribution in [2.24, 2.45) is 0 Å². The highest BCUT2D eigenvalue weighted by Gasteiger charge is 2.26. The van der Waals surface area contributed by atoms with Gasteiger partial charge in [-0.05, 0) is 32.0 Å². The molecule has 0 saturated carbocycles. The Morgan fingerprint density at radius 1 is 1.12 bits per heavy atom. The van der Waals surface area contributed by atoms with Gasteiger partial charge in [0.15, 0.2) is 18.1 Å². The summed E-state index contributed by atoms with van der Waals surface area (Å²) in [7, 11) is 3.00. The van der Waals surface area contributed by atoms with Gasteiger partial charge in [-0.15, -0.1) is 0 Å². The van der Waals surface area contributed by atoms with Crippen LogP contribution in [0.3, 0.4) is 0 Å². The molecule has 1 aromatic carbocycles. The number of hydrogen-bond acceptors (Lipinski definition) is 6. The average Bonchev–Trinajstić information content (AvgIpc) is 2.57. The van der Waals surface area contributed by atoms with Crippen molar-refractivity contribution in [3.05, 3.63) is 23.8 Å². The topological polar surface area (TPSA) is 74.3 Å². The van der Waals surface area contributed by atoms with Gasteiger partial charge in [0, 0.05) is 13.1 Å².